The van der Waals surface area contributed by atoms with Gasteiger partial charge in [0.15, 0.2) is 0 Å². The Hall–Kier alpha value is -1.28. The van der Waals surface area contributed by atoms with Gasteiger partial charge in [0.25, 0.3) is 0 Å². The summed E-state index contributed by atoms with van der Waals surface area (Å²) < 4.78 is 5.08. The van der Waals surface area contributed by atoms with Crippen LogP contribution in [-0.2, 0) is 4.74 Å². The quantitative estimate of drug-likeness (QED) is 0.632. The Morgan fingerprint density at radius 3 is 3.08 bits per heavy atom. The summed E-state index contributed by atoms with van der Waals surface area (Å²) >= 11 is 0. The van der Waals surface area contributed by atoms with Crippen molar-refractivity contribution in [2.45, 2.75) is 25.4 Å². The minimum atomic E-state index is -0.456. The van der Waals surface area contributed by atoms with Crippen molar-refractivity contribution < 1.29 is 9.53 Å². The van der Waals surface area contributed by atoms with Crippen molar-refractivity contribution in [1.82, 2.24) is 10.6 Å². The number of nitrogens with zero attached hydrogens (tertiary/aromatic N) is 1. The van der Waals surface area contributed by atoms with Crippen LogP contribution in [0.15, 0.2) is 0 Å². The zero-order valence-corrected chi connectivity index (χ0v) is 7.54. The van der Waals surface area contributed by atoms with Gasteiger partial charge in [-0.3, -0.25) is 0 Å². The number of nitriles is 1. The Morgan fingerprint density at radius 1 is 1.77 bits per heavy atom. The Bertz CT molecular complexity index is 218. The van der Waals surface area contributed by atoms with Gasteiger partial charge in [-0.05, 0) is 13.3 Å². The van der Waals surface area contributed by atoms with Crippen LogP contribution in [0, 0.1) is 11.3 Å². The first-order valence-corrected chi connectivity index (χ1v) is 4.26. The number of hydrogen-bond acceptors (Lipinski definition) is 3. The molecule has 0 aliphatic carbocycles. The molecule has 1 aliphatic rings. The van der Waals surface area contributed by atoms with Crippen molar-refractivity contribution in [3.05, 3.63) is 0 Å². The second kappa shape index (κ2) is 4.67. The van der Waals surface area contributed by atoms with E-state index in [0.717, 1.165) is 6.42 Å². The summed E-state index contributed by atoms with van der Waals surface area (Å²) in [5.41, 5.74) is 0. The molecule has 72 valence electrons. The molecule has 2 atom stereocenters. The highest BCUT2D eigenvalue weighted by Crippen LogP contribution is 2.02. The topological polar surface area (TPSA) is 74.2 Å². The Labute approximate surface area is 77.1 Å². The number of ether oxygens (including phenoxy) is 1. The molecule has 5 nitrogen and oxygen atoms in total. The number of carbonyl (C=O) groups is 1. The van der Waals surface area contributed by atoms with Crippen molar-refractivity contribution in [3.8, 4) is 6.07 Å². The minimum Gasteiger partial charge on any atom is -0.379 e. The zero-order valence-electron chi connectivity index (χ0n) is 7.54. The summed E-state index contributed by atoms with van der Waals surface area (Å²) in [6, 6.07) is 1.25. The van der Waals surface area contributed by atoms with Crippen LogP contribution in [0.1, 0.15) is 13.3 Å². The maximum atomic E-state index is 11.1. The summed E-state index contributed by atoms with van der Waals surface area (Å²) in [7, 11) is 0. The molecule has 1 rings (SSSR count). The molecule has 0 aromatic carbocycles. The van der Waals surface area contributed by atoms with Crippen molar-refractivity contribution in [1.29, 1.82) is 5.26 Å². The molecule has 0 spiro atoms. The molecule has 1 heterocycles. The summed E-state index contributed by atoms with van der Waals surface area (Å²) in [5.74, 6) is 0. The summed E-state index contributed by atoms with van der Waals surface area (Å²) in [4.78, 5) is 11.1. The lowest BCUT2D eigenvalue weighted by atomic mass is 10.3. The second-order valence-corrected chi connectivity index (χ2v) is 3.03. The molecule has 0 aromatic heterocycles. The van der Waals surface area contributed by atoms with Crippen LogP contribution in [0.3, 0.4) is 0 Å². The van der Waals surface area contributed by atoms with Gasteiger partial charge in [-0.25, -0.2) is 4.79 Å². The van der Waals surface area contributed by atoms with E-state index in [2.05, 4.69) is 10.6 Å². The van der Waals surface area contributed by atoms with E-state index in [1.165, 1.54) is 0 Å². The maximum Gasteiger partial charge on any atom is 0.316 e. The van der Waals surface area contributed by atoms with Gasteiger partial charge in [0.1, 0.15) is 6.04 Å². The Balaban J connectivity index is 2.21. The summed E-state index contributed by atoms with van der Waals surface area (Å²) in [6.07, 6.45) is 0.842. The fraction of sp³-hybridized carbons (Fsp3) is 0.750. The molecule has 0 saturated carbocycles. The van der Waals surface area contributed by atoms with Gasteiger partial charge in [0.2, 0.25) is 0 Å². The molecule has 2 N–H and O–H groups in total. The SMILES string of the molecule is CC(C#N)NC(=O)NC1CCOC1. The van der Waals surface area contributed by atoms with Gasteiger partial charge >= 0.3 is 6.03 Å². The normalized spacial score (nSPS) is 23.2. The van der Waals surface area contributed by atoms with Crippen LogP contribution in [0.2, 0.25) is 0 Å². The molecule has 1 fully saturated rings. The predicted octanol–water partition coefficient (Wildman–Crippen LogP) is -0.0134. The highest BCUT2D eigenvalue weighted by molar-refractivity contribution is 5.74. The molecule has 1 aliphatic heterocycles. The van der Waals surface area contributed by atoms with Gasteiger partial charge in [-0.15, -0.1) is 0 Å². The molecule has 5 heteroatoms. The van der Waals surface area contributed by atoms with Gasteiger partial charge in [0, 0.05) is 6.61 Å². The van der Waals surface area contributed by atoms with Crippen LogP contribution >= 0.6 is 0 Å². The van der Waals surface area contributed by atoms with E-state index in [4.69, 9.17) is 10.00 Å². The Morgan fingerprint density at radius 2 is 2.54 bits per heavy atom. The van der Waals surface area contributed by atoms with E-state index in [-0.39, 0.29) is 12.1 Å². The summed E-state index contributed by atoms with van der Waals surface area (Å²) in [6.45, 7) is 2.89. The average Bonchev–Trinajstić information content (AvgIpc) is 2.56. The standard InChI is InChI=1S/C8H13N3O2/c1-6(4-9)10-8(12)11-7-2-3-13-5-7/h6-7H,2-3,5H2,1H3,(H2,10,11,12). The van der Waals surface area contributed by atoms with Gasteiger partial charge < -0.3 is 15.4 Å². The maximum absolute atomic E-state index is 11.1. The largest absolute Gasteiger partial charge is 0.379 e. The van der Waals surface area contributed by atoms with Crippen LogP contribution in [0.5, 0.6) is 0 Å². The zero-order chi connectivity index (χ0) is 9.68. The highest BCUT2D eigenvalue weighted by atomic mass is 16.5. The van der Waals surface area contributed by atoms with E-state index >= 15 is 0 Å². The number of hydrogen-bond donors (Lipinski definition) is 2. The first kappa shape index (κ1) is 9.81. The monoisotopic (exact) mass is 183 g/mol. The van der Waals surface area contributed by atoms with E-state index in [0.29, 0.717) is 13.2 Å². The molecule has 0 radical (unpaired) electrons. The highest BCUT2D eigenvalue weighted by Gasteiger charge is 2.17. The predicted molar refractivity (Wildman–Crippen MR) is 46.0 cm³/mol. The molecule has 2 unspecified atom stereocenters. The number of carbonyl (C=O) groups excluding carboxylic acids is 1. The van der Waals surface area contributed by atoms with Crippen molar-refractivity contribution in [2.24, 2.45) is 0 Å². The third-order valence-electron chi connectivity index (χ3n) is 1.81. The lowest BCUT2D eigenvalue weighted by molar-refractivity contribution is 0.188. The fourth-order valence-electron chi connectivity index (χ4n) is 1.10. The second-order valence-electron chi connectivity index (χ2n) is 3.03. The molecular formula is C8H13N3O2. The van der Waals surface area contributed by atoms with Gasteiger partial charge in [-0.1, -0.05) is 0 Å². The Kier molecular flexibility index (Phi) is 3.53. The van der Waals surface area contributed by atoms with Gasteiger partial charge in [0.05, 0.1) is 18.7 Å². The fourth-order valence-corrected chi connectivity index (χ4v) is 1.10. The first-order valence-electron chi connectivity index (χ1n) is 4.26. The number of nitrogens with one attached hydrogen (secondary N) is 2. The molecule has 0 bridgehead atoms. The lowest BCUT2D eigenvalue weighted by Gasteiger charge is -2.12. The molecular weight excluding hydrogens is 170 g/mol. The van der Waals surface area contributed by atoms with Crippen LogP contribution < -0.4 is 10.6 Å². The first-order chi connectivity index (χ1) is 6.22. The molecule has 2 amide bonds. The van der Waals surface area contributed by atoms with Crippen molar-refractivity contribution >= 4 is 6.03 Å². The molecule has 1 saturated heterocycles. The van der Waals surface area contributed by atoms with Crippen LogP contribution in [0.4, 0.5) is 4.79 Å². The number of rotatable bonds is 2. The van der Waals surface area contributed by atoms with E-state index < -0.39 is 6.04 Å². The number of urea groups is 1. The smallest absolute Gasteiger partial charge is 0.316 e. The summed E-state index contributed by atoms with van der Waals surface area (Å²) in [5, 5.41) is 13.6. The average molecular weight is 183 g/mol. The third kappa shape index (κ3) is 3.30. The third-order valence-corrected chi connectivity index (χ3v) is 1.81. The molecule has 13 heavy (non-hydrogen) atoms. The molecule has 0 aromatic rings. The number of amides is 2. The van der Waals surface area contributed by atoms with E-state index in [1.807, 2.05) is 6.07 Å². The van der Waals surface area contributed by atoms with E-state index in [1.54, 1.807) is 6.92 Å². The van der Waals surface area contributed by atoms with Crippen LogP contribution in [0.25, 0.3) is 0 Å². The van der Waals surface area contributed by atoms with Crippen LogP contribution in [-0.4, -0.2) is 31.3 Å². The lowest BCUT2D eigenvalue weighted by Crippen LogP contribution is -2.45. The van der Waals surface area contributed by atoms with Crippen molar-refractivity contribution in [3.63, 3.8) is 0 Å². The van der Waals surface area contributed by atoms with Gasteiger partial charge in [-0.2, -0.15) is 5.26 Å². The minimum absolute atomic E-state index is 0.0888. The van der Waals surface area contributed by atoms with Crippen molar-refractivity contribution in [2.75, 3.05) is 13.2 Å². The van der Waals surface area contributed by atoms with E-state index in [9.17, 15) is 4.79 Å².